The topological polar surface area (TPSA) is 66.4 Å². The summed E-state index contributed by atoms with van der Waals surface area (Å²) in [5, 5.41) is 10.1. The summed E-state index contributed by atoms with van der Waals surface area (Å²) in [6.07, 6.45) is 9.70. The maximum Gasteiger partial charge on any atom is 0.224 e. The highest BCUT2D eigenvalue weighted by molar-refractivity contribution is 5.07. The zero-order chi connectivity index (χ0) is 16.3. The highest BCUT2D eigenvalue weighted by Crippen LogP contribution is 2.53. The third-order valence-electron chi connectivity index (χ3n) is 6.46. The second-order valence-electron chi connectivity index (χ2n) is 8.10. The molecule has 6 nitrogen and oxygen atoms in total. The summed E-state index contributed by atoms with van der Waals surface area (Å²) >= 11 is 0. The van der Waals surface area contributed by atoms with Gasteiger partial charge in [0.05, 0.1) is 6.61 Å². The molecular weight excluding hydrogens is 312 g/mol. The van der Waals surface area contributed by atoms with Crippen LogP contribution in [0.25, 0.3) is 0 Å². The van der Waals surface area contributed by atoms with Crippen LogP contribution in [-0.4, -0.2) is 54.0 Å². The maximum atomic E-state index is 10.1. The third-order valence-corrected chi connectivity index (χ3v) is 6.46. The zero-order valence-corrected chi connectivity index (χ0v) is 14.2. The van der Waals surface area contributed by atoms with Crippen LogP contribution in [-0.2, 0) is 23.7 Å². The van der Waals surface area contributed by atoms with E-state index in [2.05, 4.69) is 0 Å². The van der Waals surface area contributed by atoms with Crippen LogP contribution in [0.15, 0.2) is 0 Å². The van der Waals surface area contributed by atoms with E-state index in [4.69, 9.17) is 23.7 Å². The fourth-order valence-electron chi connectivity index (χ4n) is 5.25. The van der Waals surface area contributed by atoms with Gasteiger partial charge < -0.3 is 28.8 Å². The number of hydrogen-bond donors (Lipinski definition) is 1. The van der Waals surface area contributed by atoms with Crippen molar-refractivity contribution in [3.05, 3.63) is 0 Å². The monoisotopic (exact) mass is 340 g/mol. The van der Waals surface area contributed by atoms with Gasteiger partial charge in [0.1, 0.15) is 24.9 Å². The molecule has 136 valence electrons. The van der Waals surface area contributed by atoms with Gasteiger partial charge in [-0.05, 0) is 25.7 Å². The smallest absolute Gasteiger partial charge is 0.224 e. The molecule has 0 aromatic rings. The molecular formula is C18H28O6. The molecule has 24 heavy (non-hydrogen) atoms. The van der Waals surface area contributed by atoms with Crippen molar-refractivity contribution in [1.29, 1.82) is 0 Å². The van der Waals surface area contributed by atoms with Gasteiger partial charge in [-0.25, -0.2) is 0 Å². The van der Waals surface area contributed by atoms with Gasteiger partial charge in [0.15, 0.2) is 11.6 Å². The minimum Gasteiger partial charge on any atom is -0.391 e. The fourth-order valence-corrected chi connectivity index (χ4v) is 5.25. The van der Waals surface area contributed by atoms with E-state index in [1.54, 1.807) is 0 Å². The average molecular weight is 340 g/mol. The molecule has 5 rings (SSSR count). The van der Waals surface area contributed by atoms with Crippen molar-refractivity contribution in [2.45, 2.75) is 99.9 Å². The van der Waals surface area contributed by atoms with Crippen LogP contribution in [0.1, 0.15) is 64.2 Å². The lowest BCUT2D eigenvalue weighted by Gasteiger charge is -2.45. The second-order valence-corrected chi connectivity index (χ2v) is 8.10. The summed E-state index contributed by atoms with van der Waals surface area (Å²) in [4.78, 5) is 0. The summed E-state index contributed by atoms with van der Waals surface area (Å²) < 4.78 is 31.4. The van der Waals surface area contributed by atoms with E-state index in [-0.39, 0.29) is 24.9 Å². The molecule has 2 saturated carbocycles. The molecule has 2 spiro atoms. The Morgan fingerprint density at radius 2 is 1.46 bits per heavy atom. The van der Waals surface area contributed by atoms with Gasteiger partial charge in [0.25, 0.3) is 0 Å². The van der Waals surface area contributed by atoms with Gasteiger partial charge in [-0.3, -0.25) is 0 Å². The summed E-state index contributed by atoms with van der Waals surface area (Å²) in [5.41, 5.74) is 0. The normalized spacial score (nSPS) is 46.1. The first-order valence-electron chi connectivity index (χ1n) is 9.67. The number of fused-ring (bicyclic) bond motifs is 3. The van der Waals surface area contributed by atoms with Crippen LogP contribution < -0.4 is 0 Å². The molecule has 0 aromatic carbocycles. The van der Waals surface area contributed by atoms with E-state index in [1.165, 1.54) is 12.8 Å². The number of aliphatic hydroxyl groups is 1. The summed E-state index contributed by atoms with van der Waals surface area (Å²) in [6, 6.07) is 0. The van der Waals surface area contributed by atoms with Crippen molar-refractivity contribution in [3.63, 3.8) is 0 Å². The quantitative estimate of drug-likeness (QED) is 0.790. The van der Waals surface area contributed by atoms with E-state index in [0.717, 1.165) is 51.4 Å². The van der Waals surface area contributed by atoms with Crippen molar-refractivity contribution in [2.24, 2.45) is 0 Å². The molecule has 4 atom stereocenters. The molecule has 3 aliphatic heterocycles. The van der Waals surface area contributed by atoms with Gasteiger partial charge >= 0.3 is 0 Å². The lowest BCUT2D eigenvalue weighted by Crippen LogP contribution is -2.54. The molecule has 0 radical (unpaired) electrons. The van der Waals surface area contributed by atoms with Crippen molar-refractivity contribution < 1.29 is 28.8 Å². The lowest BCUT2D eigenvalue weighted by atomic mass is 9.92. The highest BCUT2D eigenvalue weighted by atomic mass is 16.9. The predicted octanol–water partition coefficient (Wildman–Crippen LogP) is 2.23. The minimum atomic E-state index is -1.09. The number of aliphatic hydroxyl groups excluding tert-OH is 1. The van der Waals surface area contributed by atoms with E-state index >= 15 is 0 Å². The first kappa shape index (κ1) is 16.0. The number of hydrogen-bond acceptors (Lipinski definition) is 6. The predicted molar refractivity (Wildman–Crippen MR) is 83.1 cm³/mol. The summed E-state index contributed by atoms with van der Waals surface area (Å²) in [6.45, 7) is 0.283. The van der Waals surface area contributed by atoms with Crippen molar-refractivity contribution in [1.82, 2.24) is 0 Å². The SMILES string of the molecule is OCC12O[C@H]3COC4(CCCCC4)O[C@H]3[C@@H]1OC1(CCCCC1)O2. The Labute approximate surface area is 142 Å². The molecule has 0 amide bonds. The van der Waals surface area contributed by atoms with Crippen molar-refractivity contribution >= 4 is 0 Å². The molecule has 0 aromatic heterocycles. The standard InChI is InChI=1S/C18H28O6/c19-12-18-15(23-17(24-18)9-5-2-6-10-17)14-13(21-18)11-20-16(22-14)7-3-1-4-8-16/h13-15,19H,1-12H2/t13-,14+,15-,18?/m0/s1. The van der Waals surface area contributed by atoms with Crippen LogP contribution in [0, 0.1) is 0 Å². The minimum absolute atomic E-state index is 0.206. The molecule has 5 fully saturated rings. The van der Waals surface area contributed by atoms with Crippen LogP contribution in [0.3, 0.4) is 0 Å². The molecule has 1 N–H and O–H groups in total. The van der Waals surface area contributed by atoms with Gasteiger partial charge in [0, 0.05) is 25.7 Å². The molecule has 0 bridgehead atoms. The second kappa shape index (κ2) is 5.63. The first-order chi connectivity index (χ1) is 11.7. The van der Waals surface area contributed by atoms with Crippen LogP contribution in [0.5, 0.6) is 0 Å². The summed E-state index contributed by atoms with van der Waals surface area (Å²) in [7, 11) is 0. The molecule has 1 unspecified atom stereocenters. The Bertz CT molecular complexity index is 484. The van der Waals surface area contributed by atoms with Gasteiger partial charge in [-0.15, -0.1) is 0 Å². The Morgan fingerprint density at radius 3 is 2.12 bits per heavy atom. The van der Waals surface area contributed by atoms with E-state index in [0.29, 0.717) is 6.61 Å². The maximum absolute atomic E-state index is 10.1. The van der Waals surface area contributed by atoms with Crippen molar-refractivity contribution in [2.75, 3.05) is 13.2 Å². The van der Waals surface area contributed by atoms with E-state index in [9.17, 15) is 5.11 Å². The van der Waals surface area contributed by atoms with Crippen LogP contribution in [0.4, 0.5) is 0 Å². The Balaban J connectivity index is 1.40. The Hall–Kier alpha value is -0.240. The molecule has 6 heteroatoms. The number of ether oxygens (including phenoxy) is 5. The zero-order valence-electron chi connectivity index (χ0n) is 14.2. The van der Waals surface area contributed by atoms with Crippen LogP contribution >= 0.6 is 0 Å². The average Bonchev–Trinajstić information content (AvgIpc) is 3.06. The fraction of sp³-hybridized carbons (Fsp3) is 1.00. The lowest BCUT2D eigenvalue weighted by molar-refractivity contribution is -0.353. The Kier molecular flexibility index (Phi) is 3.75. The summed E-state index contributed by atoms with van der Waals surface area (Å²) in [5.74, 6) is -2.17. The van der Waals surface area contributed by atoms with E-state index in [1.807, 2.05) is 0 Å². The highest BCUT2D eigenvalue weighted by Gasteiger charge is 2.69. The molecule has 3 heterocycles. The molecule has 5 aliphatic rings. The van der Waals surface area contributed by atoms with Gasteiger partial charge in [-0.2, -0.15) is 0 Å². The van der Waals surface area contributed by atoms with E-state index < -0.39 is 17.4 Å². The first-order valence-corrected chi connectivity index (χ1v) is 9.67. The van der Waals surface area contributed by atoms with Crippen molar-refractivity contribution in [3.8, 4) is 0 Å². The molecule has 3 saturated heterocycles. The Morgan fingerprint density at radius 1 is 0.792 bits per heavy atom. The third kappa shape index (κ3) is 2.31. The molecule has 2 aliphatic carbocycles. The number of rotatable bonds is 1. The van der Waals surface area contributed by atoms with Gasteiger partial charge in [-0.1, -0.05) is 12.8 Å². The van der Waals surface area contributed by atoms with Crippen LogP contribution in [0.2, 0.25) is 0 Å². The largest absolute Gasteiger partial charge is 0.391 e. The van der Waals surface area contributed by atoms with Gasteiger partial charge in [0.2, 0.25) is 5.79 Å².